The molecule has 2 rings (SSSR count). The van der Waals surface area contributed by atoms with Gasteiger partial charge >= 0.3 is 0 Å². The van der Waals surface area contributed by atoms with Crippen molar-refractivity contribution in [2.24, 2.45) is 23.3 Å². The monoisotopic (exact) mass is 328 g/mol. The van der Waals surface area contributed by atoms with Crippen molar-refractivity contribution in [3.8, 4) is 0 Å². The molecule has 0 saturated carbocycles. The molecule has 0 aliphatic carbocycles. The number of carbonyl (C=O) groups is 2. The lowest BCUT2D eigenvalue weighted by molar-refractivity contribution is -0.121. The molecule has 0 aromatic rings. The molecular weight excluding hydrogens is 303 g/mol. The van der Waals surface area contributed by atoms with Gasteiger partial charge in [0.25, 0.3) is 0 Å². The Balaban J connectivity index is 0. The van der Waals surface area contributed by atoms with Gasteiger partial charge in [0.15, 0.2) is 0 Å². The summed E-state index contributed by atoms with van der Waals surface area (Å²) < 4.78 is 0. The molecule has 0 unspecified atom stereocenters. The lowest BCUT2D eigenvalue weighted by Crippen LogP contribution is -2.32. The number of amides is 2. The van der Waals surface area contributed by atoms with Crippen LogP contribution in [0.3, 0.4) is 0 Å². The minimum Gasteiger partial charge on any atom is -0.352 e. The number of nitrogens with one attached hydrogen (secondary N) is 2. The molecule has 0 aromatic carbocycles. The fourth-order valence-electron chi connectivity index (χ4n) is 2.00. The second-order valence-corrected chi connectivity index (χ2v) is 5.36. The smallest absolute Gasteiger partial charge is 0.237 e. The molecule has 6 atom stereocenters. The summed E-state index contributed by atoms with van der Waals surface area (Å²) in [6.45, 7) is 7.89. The molecular formula is C12H26Cl2N4O2. The Kier molecular flexibility index (Phi) is 9.42. The summed E-state index contributed by atoms with van der Waals surface area (Å²) in [5.74, 6) is 0.514. The molecule has 20 heavy (non-hydrogen) atoms. The van der Waals surface area contributed by atoms with Crippen molar-refractivity contribution in [3.63, 3.8) is 0 Å². The van der Waals surface area contributed by atoms with Crippen LogP contribution in [0.1, 0.15) is 27.7 Å². The van der Waals surface area contributed by atoms with Crippen LogP contribution in [0, 0.1) is 11.8 Å². The summed E-state index contributed by atoms with van der Waals surface area (Å²) in [4.78, 5) is 21.5. The van der Waals surface area contributed by atoms with Gasteiger partial charge in [-0.1, -0.05) is 13.8 Å². The van der Waals surface area contributed by atoms with Gasteiger partial charge < -0.3 is 22.1 Å². The average Bonchev–Trinajstić information content (AvgIpc) is 2.66. The summed E-state index contributed by atoms with van der Waals surface area (Å²) in [7, 11) is 0. The maximum atomic E-state index is 10.8. The number of hydrogen-bond acceptors (Lipinski definition) is 4. The van der Waals surface area contributed by atoms with Gasteiger partial charge in [-0.3, -0.25) is 9.59 Å². The van der Waals surface area contributed by atoms with Crippen LogP contribution in [0.15, 0.2) is 0 Å². The van der Waals surface area contributed by atoms with Crippen molar-refractivity contribution < 1.29 is 9.59 Å². The molecule has 2 amide bonds. The lowest BCUT2D eigenvalue weighted by atomic mass is 10.0. The van der Waals surface area contributed by atoms with Crippen molar-refractivity contribution in [3.05, 3.63) is 0 Å². The van der Waals surface area contributed by atoms with Crippen LogP contribution in [0.2, 0.25) is 0 Å². The average molecular weight is 329 g/mol. The van der Waals surface area contributed by atoms with Crippen molar-refractivity contribution in [1.82, 2.24) is 10.6 Å². The van der Waals surface area contributed by atoms with Crippen LogP contribution in [-0.4, -0.2) is 36.0 Å². The summed E-state index contributed by atoms with van der Waals surface area (Å²) in [6, 6.07) is -0.0972. The van der Waals surface area contributed by atoms with E-state index in [0.717, 1.165) is 0 Å². The van der Waals surface area contributed by atoms with E-state index in [9.17, 15) is 9.59 Å². The Morgan fingerprint density at radius 1 is 0.750 bits per heavy atom. The molecule has 2 heterocycles. The molecule has 6 nitrogen and oxygen atoms in total. The third-order valence-corrected chi connectivity index (χ3v) is 4.06. The summed E-state index contributed by atoms with van der Waals surface area (Å²) in [5.41, 5.74) is 11.0. The van der Waals surface area contributed by atoms with Gasteiger partial charge in [0.05, 0.1) is 12.1 Å². The predicted octanol–water partition coefficient (Wildman–Crippen LogP) is -0.220. The SMILES string of the molecule is C[C@H]1[C@H](C)NC(=O)[C@@H]1N.C[C@H]1[C@H](N)C(=O)N[C@@H]1C.Cl.Cl. The summed E-state index contributed by atoms with van der Waals surface area (Å²) in [6.07, 6.45) is 0. The van der Waals surface area contributed by atoms with Gasteiger partial charge in [-0.2, -0.15) is 0 Å². The Morgan fingerprint density at radius 3 is 1.05 bits per heavy atom. The highest BCUT2D eigenvalue weighted by molar-refractivity contribution is 5.86. The minimum atomic E-state index is -0.292. The van der Waals surface area contributed by atoms with E-state index < -0.39 is 0 Å². The van der Waals surface area contributed by atoms with Crippen LogP contribution in [-0.2, 0) is 9.59 Å². The topological polar surface area (TPSA) is 110 Å². The standard InChI is InChI=1S/2C6H12N2O.2ClH/c2*1-3-4(2)8-6(9)5(3)7;;/h2*3-5H,7H2,1-2H3,(H,8,9);2*1H/t2*3-,4-,5+;;/m10../s1. The summed E-state index contributed by atoms with van der Waals surface area (Å²) >= 11 is 0. The fourth-order valence-corrected chi connectivity index (χ4v) is 2.00. The van der Waals surface area contributed by atoms with Crippen molar-refractivity contribution in [1.29, 1.82) is 0 Å². The predicted molar refractivity (Wildman–Crippen MR) is 84.0 cm³/mol. The van der Waals surface area contributed by atoms with Gasteiger partial charge in [0, 0.05) is 23.9 Å². The minimum absolute atomic E-state index is 0. The van der Waals surface area contributed by atoms with E-state index in [1.54, 1.807) is 0 Å². The van der Waals surface area contributed by atoms with E-state index in [-0.39, 0.29) is 72.6 Å². The second kappa shape index (κ2) is 8.67. The lowest BCUT2D eigenvalue weighted by Gasteiger charge is -2.08. The molecule has 6 N–H and O–H groups in total. The van der Waals surface area contributed by atoms with Gasteiger partial charge in [0.1, 0.15) is 0 Å². The van der Waals surface area contributed by atoms with Crippen LogP contribution in [0.25, 0.3) is 0 Å². The molecule has 2 saturated heterocycles. The van der Waals surface area contributed by atoms with E-state index in [4.69, 9.17) is 11.5 Å². The molecule has 0 bridgehead atoms. The number of rotatable bonds is 0. The van der Waals surface area contributed by atoms with Crippen molar-refractivity contribution in [2.75, 3.05) is 0 Å². The van der Waals surface area contributed by atoms with Crippen LogP contribution in [0.4, 0.5) is 0 Å². The normalized spacial score (nSPS) is 38.7. The van der Waals surface area contributed by atoms with Gasteiger partial charge in [-0.25, -0.2) is 0 Å². The molecule has 0 spiro atoms. The maximum absolute atomic E-state index is 10.8. The zero-order valence-electron chi connectivity index (χ0n) is 12.3. The zero-order chi connectivity index (χ0) is 14.0. The van der Waals surface area contributed by atoms with E-state index in [1.165, 1.54) is 0 Å². The Bertz CT molecular complexity index is 311. The van der Waals surface area contributed by atoms with Gasteiger partial charge in [0.2, 0.25) is 11.8 Å². The maximum Gasteiger partial charge on any atom is 0.237 e. The molecule has 8 heteroatoms. The van der Waals surface area contributed by atoms with E-state index in [2.05, 4.69) is 10.6 Å². The fraction of sp³-hybridized carbons (Fsp3) is 0.833. The summed E-state index contributed by atoms with van der Waals surface area (Å²) in [5, 5.41) is 5.50. The molecule has 2 fully saturated rings. The third-order valence-electron chi connectivity index (χ3n) is 4.06. The number of hydrogen-bond donors (Lipinski definition) is 4. The van der Waals surface area contributed by atoms with Crippen LogP contribution in [0.5, 0.6) is 0 Å². The van der Waals surface area contributed by atoms with Gasteiger partial charge in [-0.05, 0) is 13.8 Å². The molecule has 0 radical (unpaired) electrons. The van der Waals surface area contributed by atoms with Crippen molar-refractivity contribution in [2.45, 2.75) is 51.9 Å². The largest absolute Gasteiger partial charge is 0.352 e. The van der Waals surface area contributed by atoms with E-state index in [1.807, 2.05) is 27.7 Å². The molecule has 120 valence electrons. The van der Waals surface area contributed by atoms with E-state index >= 15 is 0 Å². The first-order chi connectivity index (χ1) is 8.25. The highest BCUT2D eigenvalue weighted by atomic mass is 35.5. The third kappa shape index (κ3) is 4.77. The van der Waals surface area contributed by atoms with Crippen LogP contribution >= 0.6 is 24.8 Å². The number of halogens is 2. The first kappa shape index (κ1) is 21.7. The Morgan fingerprint density at radius 2 is 1.00 bits per heavy atom. The Labute approximate surface area is 132 Å². The molecule has 0 aromatic heterocycles. The first-order valence-electron chi connectivity index (χ1n) is 6.37. The zero-order valence-corrected chi connectivity index (χ0v) is 13.9. The van der Waals surface area contributed by atoms with Gasteiger partial charge in [-0.15, -0.1) is 24.8 Å². The number of nitrogens with two attached hydrogens (primary N) is 2. The van der Waals surface area contributed by atoms with E-state index in [0.29, 0.717) is 0 Å². The molecule has 2 aliphatic heterocycles. The quantitative estimate of drug-likeness (QED) is 0.492. The highest BCUT2D eigenvalue weighted by Gasteiger charge is 2.34. The van der Waals surface area contributed by atoms with Crippen molar-refractivity contribution >= 4 is 36.6 Å². The van der Waals surface area contributed by atoms with Crippen LogP contribution < -0.4 is 22.1 Å². The first-order valence-corrected chi connectivity index (χ1v) is 6.37. The second-order valence-electron chi connectivity index (χ2n) is 5.36. The number of carbonyl (C=O) groups excluding carboxylic acids is 2. The Hall–Kier alpha value is -0.560. The highest BCUT2D eigenvalue weighted by Crippen LogP contribution is 2.13. The molecule has 2 aliphatic rings.